The van der Waals surface area contributed by atoms with Crippen LogP contribution in [0.4, 0.5) is 0 Å². The van der Waals surface area contributed by atoms with Gasteiger partial charge in [-0.15, -0.1) is 0 Å². The Kier molecular flexibility index (Phi) is 5.39. The summed E-state index contributed by atoms with van der Waals surface area (Å²) in [5.41, 5.74) is 5.80. The Bertz CT molecular complexity index is 1250. The van der Waals surface area contributed by atoms with Gasteiger partial charge in [0, 0.05) is 10.9 Å². The van der Waals surface area contributed by atoms with Crippen molar-refractivity contribution in [1.82, 2.24) is 10.4 Å². The third-order valence-electron chi connectivity index (χ3n) is 4.59. The van der Waals surface area contributed by atoms with Gasteiger partial charge in [0.05, 0.1) is 30.1 Å². The molecule has 30 heavy (non-hydrogen) atoms. The Morgan fingerprint density at radius 2 is 1.83 bits per heavy atom. The lowest BCUT2D eigenvalue weighted by molar-refractivity contribution is 0.0956. The number of hydrogen-bond acceptors (Lipinski definition) is 5. The van der Waals surface area contributed by atoms with Crippen LogP contribution in [-0.2, 0) is 0 Å². The fraction of sp³-hybridized carbons (Fsp3) is 0.0417. The lowest BCUT2D eigenvalue weighted by Gasteiger charge is -2.11. The molecule has 148 valence electrons. The number of aromatic hydroxyl groups is 1. The summed E-state index contributed by atoms with van der Waals surface area (Å²) in [6.45, 7) is 0. The van der Waals surface area contributed by atoms with E-state index < -0.39 is 0 Å². The minimum atomic E-state index is -0.360. The summed E-state index contributed by atoms with van der Waals surface area (Å²) in [4.78, 5) is 17.6. The van der Waals surface area contributed by atoms with Crippen LogP contribution in [0.3, 0.4) is 0 Å². The first-order valence-electron chi connectivity index (χ1n) is 9.31. The Hall–Kier alpha value is -4.19. The number of carbonyl (C=O) groups is 1. The number of amides is 1. The Labute approximate surface area is 173 Å². The zero-order chi connectivity index (χ0) is 20.9. The average molecular weight is 397 g/mol. The summed E-state index contributed by atoms with van der Waals surface area (Å²) in [5.74, 6) is 0.446. The van der Waals surface area contributed by atoms with Gasteiger partial charge in [0.1, 0.15) is 11.5 Å². The number of phenols is 1. The van der Waals surface area contributed by atoms with Crippen LogP contribution in [0.5, 0.6) is 11.5 Å². The van der Waals surface area contributed by atoms with Crippen LogP contribution < -0.4 is 10.2 Å². The van der Waals surface area contributed by atoms with E-state index in [2.05, 4.69) is 10.5 Å². The zero-order valence-corrected chi connectivity index (χ0v) is 16.2. The molecule has 4 rings (SSSR count). The molecule has 0 spiro atoms. The van der Waals surface area contributed by atoms with Crippen molar-refractivity contribution in [3.05, 3.63) is 90.0 Å². The van der Waals surface area contributed by atoms with Crippen molar-refractivity contribution in [2.24, 2.45) is 5.10 Å². The number of nitrogens with one attached hydrogen (secondary N) is 1. The molecule has 0 unspecified atom stereocenters. The number of hydrogen-bond donors (Lipinski definition) is 2. The molecule has 0 aliphatic carbocycles. The standard InChI is InChI=1S/C24H19N3O3/c1-30-23-12-5-3-10-19(23)22-14-20(18-9-2-4-11-21(18)26-22)24(29)27-25-15-16-7-6-8-17(28)13-16/h2-15,28H,1H3,(H,27,29). The molecule has 0 bridgehead atoms. The predicted octanol–water partition coefficient (Wildman–Crippen LogP) is 4.38. The zero-order valence-electron chi connectivity index (χ0n) is 16.2. The molecule has 0 aliphatic heterocycles. The third kappa shape index (κ3) is 3.98. The number of benzene rings is 3. The fourth-order valence-electron chi connectivity index (χ4n) is 3.19. The molecule has 0 fully saturated rings. The van der Waals surface area contributed by atoms with Crippen molar-refractivity contribution in [3.63, 3.8) is 0 Å². The Balaban J connectivity index is 1.71. The van der Waals surface area contributed by atoms with Gasteiger partial charge in [-0.05, 0) is 42.0 Å². The van der Waals surface area contributed by atoms with E-state index in [9.17, 15) is 9.90 Å². The largest absolute Gasteiger partial charge is 0.508 e. The maximum Gasteiger partial charge on any atom is 0.272 e. The number of methoxy groups -OCH3 is 1. The van der Waals surface area contributed by atoms with Crippen LogP contribution in [0.25, 0.3) is 22.2 Å². The first-order chi connectivity index (χ1) is 14.7. The number of carbonyl (C=O) groups excluding carboxylic acids is 1. The molecule has 0 atom stereocenters. The van der Waals surface area contributed by atoms with Gasteiger partial charge in [-0.3, -0.25) is 4.79 Å². The van der Waals surface area contributed by atoms with Crippen LogP contribution in [0, 0.1) is 0 Å². The summed E-state index contributed by atoms with van der Waals surface area (Å²) in [7, 11) is 1.60. The van der Waals surface area contributed by atoms with Gasteiger partial charge in [-0.25, -0.2) is 10.4 Å². The minimum absolute atomic E-state index is 0.131. The van der Waals surface area contributed by atoms with Gasteiger partial charge in [0.15, 0.2) is 0 Å². The first kappa shape index (κ1) is 19.1. The number of phenolic OH excluding ortho intramolecular Hbond substituents is 1. The molecule has 3 aromatic carbocycles. The second-order valence-electron chi connectivity index (χ2n) is 6.57. The number of pyridine rings is 1. The molecule has 0 aliphatic rings. The van der Waals surface area contributed by atoms with Gasteiger partial charge < -0.3 is 9.84 Å². The van der Waals surface area contributed by atoms with Crippen LogP contribution in [-0.4, -0.2) is 29.3 Å². The molecule has 0 saturated carbocycles. The maximum absolute atomic E-state index is 12.9. The lowest BCUT2D eigenvalue weighted by Crippen LogP contribution is -2.18. The average Bonchev–Trinajstić information content (AvgIpc) is 2.78. The third-order valence-corrected chi connectivity index (χ3v) is 4.59. The van der Waals surface area contributed by atoms with E-state index in [0.717, 1.165) is 10.9 Å². The van der Waals surface area contributed by atoms with E-state index in [4.69, 9.17) is 9.72 Å². The summed E-state index contributed by atoms with van der Waals surface area (Å²) in [6.07, 6.45) is 1.47. The minimum Gasteiger partial charge on any atom is -0.508 e. The van der Waals surface area contributed by atoms with Crippen LogP contribution in [0.2, 0.25) is 0 Å². The molecular weight excluding hydrogens is 378 g/mol. The van der Waals surface area contributed by atoms with E-state index in [1.165, 1.54) is 6.21 Å². The second kappa shape index (κ2) is 8.45. The maximum atomic E-state index is 12.9. The number of nitrogens with zero attached hydrogens (tertiary/aromatic N) is 2. The fourth-order valence-corrected chi connectivity index (χ4v) is 3.19. The number of para-hydroxylation sites is 2. The van der Waals surface area contributed by atoms with Gasteiger partial charge in [0.2, 0.25) is 0 Å². The molecule has 6 heteroatoms. The summed E-state index contributed by atoms with van der Waals surface area (Å²) in [6, 6.07) is 23.3. The van der Waals surface area contributed by atoms with Crippen LogP contribution in [0.15, 0.2) is 84.0 Å². The molecule has 1 heterocycles. The number of rotatable bonds is 5. The molecule has 1 amide bonds. The van der Waals surface area contributed by atoms with E-state index in [1.807, 2.05) is 48.5 Å². The van der Waals surface area contributed by atoms with Crippen molar-refractivity contribution >= 4 is 23.0 Å². The molecule has 4 aromatic rings. The lowest BCUT2D eigenvalue weighted by atomic mass is 10.0. The SMILES string of the molecule is COc1ccccc1-c1cc(C(=O)NN=Cc2cccc(O)c2)c2ccccc2n1. The highest BCUT2D eigenvalue weighted by Crippen LogP contribution is 2.31. The van der Waals surface area contributed by atoms with Crippen molar-refractivity contribution in [2.75, 3.05) is 7.11 Å². The van der Waals surface area contributed by atoms with E-state index in [1.54, 1.807) is 37.4 Å². The van der Waals surface area contributed by atoms with Crippen LogP contribution >= 0.6 is 0 Å². The highest BCUT2D eigenvalue weighted by molar-refractivity contribution is 6.07. The topological polar surface area (TPSA) is 83.8 Å². The van der Waals surface area contributed by atoms with E-state index >= 15 is 0 Å². The van der Waals surface area contributed by atoms with Gasteiger partial charge >= 0.3 is 0 Å². The molecule has 2 N–H and O–H groups in total. The van der Waals surface area contributed by atoms with Gasteiger partial charge in [0.25, 0.3) is 5.91 Å². The smallest absolute Gasteiger partial charge is 0.272 e. The molecular formula is C24H19N3O3. The Morgan fingerprint density at radius 1 is 1.03 bits per heavy atom. The summed E-state index contributed by atoms with van der Waals surface area (Å²) < 4.78 is 5.45. The number of ether oxygens (including phenoxy) is 1. The molecule has 0 saturated heterocycles. The van der Waals surface area contributed by atoms with E-state index in [-0.39, 0.29) is 11.7 Å². The second-order valence-corrected chi connectivity index (χ2v) is 6.57. The Morgan fingerprint density at radius 3 is 2.67 bits per heavy atom. The molecule has 6 nitrogen and oxygen atoms in total. The highest BCUT2D eigenvalue weighted by atomic mass is 16.5. The van der Waals surface area contributed by atoms with Crippen molar-refractivity contribution in [2.45, 2.75) is 0 Å². The summed E-state index contributed by atoms with van der Waals surface area (Å²) in [5, 5.41) is 14.3. The van der Waals surface area contributed by atoms with Crippen LogP contribution in [0.1, 0.15) is 15.9 Å². The number of hydrazone groups is 1. The van der Waals surface area contributed by atoms with Crippen molar-refractivity contribution in [1.29, 1.82) is 0 Å². The van der Waals surface area contributed by atoms with Gasteiger partial charge in [-0.2, -0.15) is 5.10 Å². The number of fused-ring (bicyclic) bond motifs is 1. The number of aromatic nitrogens is 1. The van der Waals surface area contributed by atoms with Crippen molar-refractivity contribution < 1.29 is 14.6 Å². The molecule has 1 aromatic heterocycles. The van der Waals surface area contributed by atoms with E-state index in [0.29, 0.717) is 28.1 Å². The van der Waals surface area contributed by atoms with Crippen molar-refractivity contribution in [3.8, 4) is 22.8 Å². The molecule has 0 radical (unpaired) electrons. The highest BCUT2D eigenvalue weighted by Gasteiger charge is 2.15. The summed E-state index contributed by atoms with van der Waals surface area (Å²) >= 11 is 0. The van der Waals surface area contributed by atoms with Gasteiger partial charge in [-0.1, -0.05) is 42.5 Å². The monoisotopic (exact) mass is 397 g/mol. The predicted molar refractivity (Wildman–Crippen MR) is 117 cm³/mol. The quantitative estimate of drug-likeness (QED) is 0.387. The normalized spacial score (nSPS) is 11.0. The first-order valence-corrected chi connectivity index (χ1v) is 9.31.